The van der Waals surface area contributed by atoms with Crippen LogP contribution in [-0.4, -0.2) is 43.0 Å². The van der Waals surface area contributed by atoms with Gasteiger partial charge >= 0.3 is 5.97 Å². The maximum Gasteiger partial charge on any atom is 0.306 e. The summed E-state index contributed by atoms with van der Waals surface area (Å²) in [5.74, 6) is 0.636. The lowest BCUT2D eigenvalue weighted by Crippen LogP contribution is -2.31. The molecule has 114 valence electrons. The van der Waals surface area contributed by atoms with Crippen LogP contribution in [0.25, 0.3) is 0 Å². The summed E-state index contributed by atoms with van der Waals surface area (Å²) in [7, 11) is 0. The molecule has 1 heterocycles. The molecule has 0 aromatic heterocycles. The van der Waals surface area contributed by atoms with E-state index in [-0.39, 0.29) is 24.6 Å². The number of Topliss-reactive ketones (excluding diaryl/α,β-unsaturated/α-hetero) is 1. The topological polar surface area (TPSA) is 55.8 Å². The Morgan fingerprint density at radius 3 is 2.90 bits per heavy atom. The minimum atomic E-state index is -0.310. The van der Waals surface area contributed by atoms with Gasteiger partial charge in [0.15, 0.2) is 0 Å². The Morgan fingerprint density at radius 1 is 1.29 bits per heavy atom. The summed E-state index contributed by atoms with van der Waals surface area (Å²) in [5, 5.41) is 0. The van der Waals surface area contributed by atoms with Gasteiger partial charge in [0.1, 0.15) is 18.1 Å². The zero-order chi connectivity index (χ0) is 15.1. The number of hydrogen-bond donors (Lipinski definition) is 0. The number of ketones is 1. The Kier molecular flexibility index (Phi) is 5.75. The molecule has 0 saturated carbocycles. The second-order valence-electron chi connectivity index (χ2n) is 5.01. The van der Waals surface area contributed by atoms with Crippen molar-refractivity contribution >= 4 is 11.8 Å². The molecule has 0 amide bonds. The summed E-state index contributed by atoms with van der Waals surface area (Å²) in [6.07, 6.45) is 0.394. The second kappa shape index (κ2) is 7.78. The number of carbonyl (C=O) groups excluding carboxylic acids is 2. The van der Waals surface area contributed by atoms with Crippen molar-refractivity contribution in [3.63, 3.8) is 0 Å². The first-order valence-electron chi connectivity index (χ1n) is 7.29. The quantitative estimate of drug-likeness (QED) is 0.748. The average Bonchev–Trinajstić information content (AvgIpc) is 2.67. The fourth-order valence-corrected chi connectivity index (χ4v) is 2.32. The first kappa shape index (κ1) is 15.5. The number of fused-ring (bicyclic) bond motifs is 1. The number of nitrogens with zero attached hydrogens (tertiary/aromatic N) is 1. The zero-order valence-corrected chi connectivity index (χ0v) is 12.3. The van der Waals surface area contributed by atoms with Crippen LogP contribution in [0.3, 0.4) is 0 Å². The molecule has 5 heteroatoms. The van der Waals surface area contributed by atoms with Gasteiger partial charge in [-0.15, -0.1) is 0 Å². The largest absolute Gasteiger partial charge is 0.492 e. The van der Waals surface area contributed by atoms with E-state index in [1.54, 1.807) is 6.92 Å². The van der Waals surface area contributed by atoms with E-state index in [1.807, 2.05) is 24.3 Å². The third kappa shape index (κ3) is 4.86. The Labute approximate surface area is 124 Å². The van der Waals surface area contributed by atoms with Gasteiger partial charge in [0.2, 0.25) is 0 Å². The van der Waals surface area contributed by atoms with Gasteiger partial charge in [0.05, 0.1) is 19.6 Å². The van der Waals surface area contributed by atoms with Crippen LogP contribution in [0.4, 0.5) is 0 Å². The van der Waals surface area contributed by atoms with Crippen molar-refractivity contribution in [2.24, 2.45) is 0 Å². The average molecular weight is 291 g/mol. The van der Waals surface area contributed by atoms with E-state index in [4.69, 9.17) is 9.47 Å². The minimum Gasteiger partial charge on any atom is -0.492 e. The van der Waals surface area contributed by atoms with Crippen LogP contribution in [0, 0.1) is 0 Å². The smallest absolute Gasteiger partial charge is 0.306 e. The number of para-hydroxylation sites is 1. The van der Waals surface area contributed by atoms with E-state index in [0.717, 1.165) is 11.3 Å². The molecule has 0 aliphatic carbocycles. The predicted molar refractivity (Wildman–Crippen MR) is 78.1 cm³/mol. The zero-order valence-electron chi connectivity index (χ0n) is 12.3. The highest BCUT2D eigenvalue weighted by atomic mass is 16.5. The van der Waals surface area contributed by atoms with Gasteiger partial charge in [-0.1, -0.05) is 18.2 Å². The molecule has 21 heavy (non-hydrogen) atoms. The van der Waals surface area contributed by atoms with E-state index >= 15 is 0 Å². The van der Waals surface area contributed by atoms with Crippen LogP contribution in [0.1, 0.15) is 25.3 Å². The van der Waals surface area contributed by atoms with E-state index in [9.17, 15) is 9.59 Å². The van der Waals surface area contributed by atoms with Crippen molar-refractivity contribution in [2.75, 3.05) is 26.3 Å². The standard InChI is InChI=1S/C16H21NO4/c1-2-20-16(19)8-7-14(18)12-17-9-10-21-15-6-4-3-5-13(15)11-17/h3-6H,2,7-12H2,1H3. The Balaban J connectivity index is 1.83. The third-order valence-corrected chi connectivity index (χ3v) is 3.34. The molecule has 2 rings (SSSR count). The fraction of sp³-hybridized carbons (Fsp3) is 0.500. The van der Waals surface area contributed by atoms with Gasteiger partial charge in [0.25, 0.3) is 0 Å². The molecule has 0 bridgehead atoms. The van der Waals surface area contributed by atoms with Gasteiger partial charge in [0, 0.05) is 25.1 Å². The normalized spacial score (nSPS) is 14.7. The van der Waals surface area contributed by atoms with E-state index < -0.39 is 0 Å². The number of carbonyl (C=O) groups is 2. The SMILES string of the molecule is CCOC(=O)CCC(=O)CN1CCOc2ccccc2C1. The van der Waals surface area contributed by atoms with E-state index in [2.05, 4.69) is 4.90 Å². The molecular formula is C16H21NO4. The molecule has 0 atom stereocenters. The van der Waals surface area contributed by atoms with Crippen LogP contribution in [0.5, 0.6) is 5.75 Å². The molecule has 0 N–H and O–H groups in total. The summed E-state index contributed by atoms with van der Waals surface area (Å²) in [6.45, 7) is 4.43. The van der Waals surface area contributed by atoms with Gasteiger partial charge in [-0.25, -0.2) is 0 Å². The van der Waals surface area contributed by atoms with Crippen LogP contribution in [0.2, 0.25) is 0 Å². The maximum absolute atomic E-state index is 12.0. The first-order valence-corrected chi connectivity index (χ1v) is 7.29. The van der Waals surface area contributed by atoms with Gasteiger partial charge in [-0.05, 0) is 13.0 Å². The molecule has 0 unspecified atom stereocenters. The Morgan fingerprint density at radius 2 is 2.10 bits per heavy atom. The summed E-state index contributed by atoms with van der Waals surface area (Å²) < 4.78 is 10.5. The maximum atomic E-state index is 12.0. The summed E-state index contributed by atoms with van der Waals surface area (Å²) in [5.41, 5.74) is 1.09. The summed E-state index contributed by atoms with van der Waals surface area (Å²) >= 11 is 0. The molecule has 0 spiro atoms. The van der Waals surface area contributed by atoms with E-state index in [0.29, 0.717) is 32.8 Å². The highest BCUT2D eigenvalue weighted by Gasteiger charge is 2.17. The summed E-state index contributed by atoms with van der Waals surface area (Å²) in [6, 6.07) is 7.87. The molecule has 1 aromatic carbocycles. The van der Waals surface area contributed by atoms with E-state index in [1.165, 1.54) is 0 Å². The molecular weight excluding hydrogens is 270 g/mol. The summed E-state index contributed by atoms with van der Waals surface area (Å²) in [4.78, 5) is 25.3. The minimum absolute atomic E-state index is 0.0578. The van der Waals surface area contributed by atoms with Crippen LogP contribution in [-0.2, 0) is 20.9 Å². The number of ether oxygens (including phenoxy) is 2. The Bertz CT molecular complexity index is 501. The number of hydrogen-bond acceptors (Lipinski definition) is 5. The lowest BCUT2D eigenvalue weighted by atomic mass is 10.1. The highest BCUT2D eigenvalue weighted by Crippen LogP contribution is 2.22. The molecule has 0 fully saturated rings. The van der Waals surface area contributed by atoms with Gasteiger partial charge in [-0.3, -0.25) is 14.5 Å². The first-order chi connectivity index (χ1) is 10.2. The Hall–Kier alpha value is -1.88. The van der Waals surface area contributed by atoms with Crippen molar-refractivity contribution < 1.29 is 19.1 Å². The highest BCUT2D eigenvalue weighted by molar-refractivity contribution is 5.84. The predicted octanol–water partition coefficient (Wildman–Crippen LogP) is 1.79. The van der Waals surface area contributed by atoms with Crippen LogP contribution in [0.15, 0.2) is 24.3 Å². The van der Waals surface area contributed by atoms with Crippen LogP contribution >= 0.6 is 0 Å². The molecule has 0 radical (unpaired) electrons. The lowest BCUT2D eigenvalue weighted by molar-refractivity contribution is -0.144. The lowest BCUT2D eigenvalue weighted by Gasteiger charge is -2.18. The molecule has 1 aromatic rings. The van der Waals surface area contributed by atoms with Gasteiger partial charge in [-0.2, -0.15) is 0 Å². The van der Waals surface area contributed by atoms with Crippen molar-refractivity contribution in [1.82, 2.24) is 4.90 Å². The monoisotopic (exact) mass is 291 g/mol. The second-order valence-corrected chi connectivity index (χ2v) is 5.01. The van der Waals surface area contributed by atoms with Crippen molar-refractivity contribution in [1.29, 1.82) is 0 Å². The molecule has 0 saturated heterocycles. The van der Waals surface area contributed by atoms with Crippen LogP contribution < -0.4 is 4.74 Å². The fourth-order valence-electron chi connectivity index (χ4n) is 2.32. The molecule has 5 nitrogen and oxygen atoms in total. The number of esters is 1. The number of benzene rings is 1. The van der Waals surface area contributed by atoms with Crippen molar-refractivity contribution in [2.45, 2.75) is 26.3 Å². The molecule has 1 aliphatic rings. The third-order valence-electron chi connectivity index (χ3n) is 3.34. The van der Waals surface area contributed by atoms with Crippen molar-refractivity contribution in [3.8, 4) is 5.75 Å². The van der Waals surface area contributed by atoms with Gasteiger partial charge < -0.3 is 9.47 Å². The molecule has 1 aliphatic heterocycles. The van der Waals surface area contributed by atoms with Crippen molar-refractivity contribution in [3.05, 3.63) is 29.8 Å². The number of rotatable bonds is 6.